The average molecular weight is 346 g/mol. The molecule has 2 amide bonds. The van der Waals surface area contributed by atoms with Crippen LogP contribution in [0.3, 0.4) is 0 Å². The lowest BCUT2D eigenvalue weighted by atomic mass is 10.2. The van der Waals surface area contributed by atoms with Crippen molar-refractivity contribution in [2.45, 2.75) is 24.8 Å². The van der Waals surface area contributed by atoms with Crippen LogP contribution in [0.1, 0.15) is 18.9 Å². The fourth-order valence-corrected chi connectivity index (χ4v) is 2.84. The van der Waals surface area contributed by atoms with E-state index in [1.54, 1.807) is 23.9 Å². The van der Waals surface area contributed by atoms with Gasteiger partial charge in [-0.05, 0) is 42.0 Å². The molecule has 2 aromatic carbocycles. The molecular weight excluding hydrogens is 327 g/mol. The molecule has 24 heavy (non-hydrogen) atoms. The predicted octanol–water partition coefficient (Wildman–Crippen LogP) is 3.58. The quantitative estimate of drug-likeness (QED) is 0.754. The highest BCUT2D eigenvalue weighted by Crippen LogP contribution is 2.21. The minimum absolute atomic E-state index is 0.0401. The Bertz CT molecular complexity index is 687. The first kappa shape index (κ1) is 18.0. The van der Waals surface area contributed by atoms with Gasteiger partial charge in [-0.25, -0.2) is 4.39 Å². The van der Waals surface area contributed by atoms with Crippen LogP contribution in [-0.2, 0) is 16.1 Å². The molecule has 0 radical (unpaired) electrons. The summed E-state index contributed by atoms with van der Waals surface area (Å²) < 4.78 is 12.8. The van der Waals surface area contributed by atoms with Gasteiger partial charge in [-0.1, -0.05) is 12.1 Å². The number of carbonyl (C=O) groups is 2. The molecular formula is C18H19FN2O2S. The second kappa shape index (κ2) is 9.08. The summed E-state index contributed by atoms with van der Waals surface area (Å²) in [5, 5.41) is 5.52. The van der Waals surface area contributed by atoms with Gasteiger partial charge in [0.05, 0.1) is 0 Å². The number of halogens is 1. The third kappa shape index (κ3) is 6.42. The molecule has 126 valence electrons. The second-order valence-electron chi connectivity index (χ2n) is 5.21. The Morgan fingerprint density at radius 3 is 2.33 bits per heavy atom. The SMILES string of the molecule is CC(=O)Nc1ccc(SCCC(=O)NCc2ccc(F)cc2)cc1. The fraction of sp³-hybridized carbons (Fsp3) is 0.222. The van der Waals surface area contributed by atoms with E-state index >= 15 is 0 Å². The molecule has 0 aromatic heterocycles. The number of nitrogens with one attached hydrogen (secondary N) is 2. The second-order valence-corrected chi connectivity index (χ2v) is 6.38. The predicted molar refractivity (Wildman–Crippen MR) is 94.3 cm³/mol. The van der Waals surface area contributed by atoms with Crippen LogP contribution in [0.15, 0.2) is 53.4 Å². The molecule has 0 spiro atoms. The van der Waals surface area contributed by atoms with Crippen LogP contribution in [0.4, 0.5) is 10.1 Å². The van der Waals surface area contributed by atoms with E-state index in [-0.39, 0.29) is 17.6 Å². The zero-order valence-corrected chi connectivity index (χ0v) is 14.2. The molecule has 2 N–H and O–H groups in total. The van der Waals surface area contributed by atoms with Crippen molar-refractivity contribution in [3.63, 3.8) is 0 Å². The van der Waals surface area contributed by atoms with Crippen molar-refractivity contribution in [3.05, 3.63) is 59.9 Å². The number of carbonyl (C=O) groups excluding carboxylic acids is 2. The molecule has 0 fully saturated rings. The largest absolute Gasteiger partial charge is 0.352 e. The van der Waals surface area contributed by atoms with Crippen molar-refractivity contribution in [1.29, 1.82) is 0 Å². The Hall–Kier alpha value is -2.34. The Kier molecular flexibility index (Phi) is 6.81. The van der Waals surface area contributed by atoms with E-state index in [2.05, 4.69) is 10.6 Å². The van der Waals surface area contributed by atoms with Gasteiger partial charge in [-0.15, -0.1) is 11.8 Å². The van der Waals surface area contributed by atoms with Gasteiger partial charge in [0.25, 0.3) is 0 Å². The van der Waals surface area contributed by atoms with Gasteiger partial charge < -0.3 is 10.6 Å². The van der Waals surface area contributed by atoms with Gasteiger partial charge in [0.15, 0.2) is 0 Å². The maximum atomic E-state index is 12.8. The topological polar surface area (TPSA) is 58.2 Å². The number of anilines is 1. The van der Waals surface area contributed by atoms with Crippen LogP contribution < -0.4 is 10.6 Å². The van der Waals surface area contributed by atoms with Gasteiger partial charge in [0, 0.05) is 36.2 Å². The van der Waals surface area contributed by atoms with Crippen molar-refractivity contribution < 1.29 is 14.0 Å². The molecule has 0 bridgehead atoms. The highest BCUT2D eigenvalue weighted by molar-refractivity contribution is 7.99. The lowest BCUT2D eigenvalue weighted by Crippen LogP contribution is -2.22. The summed E-state index contributed by atoms with van der Waals surface area (Å²) >= 11 is 1.58. The van der Waals surface area contributed by atoms with Crippen LogP contribution in [0.2, 0.25) is 0 Å². The van der Waals surface area contributed by atoms with Gasteiger partial charge in [0.1, 0.15) is 5.82 Å². The summed E-state index contributed by atoms with van der Waals surface area (Å²) in [5.74, 6) is 0.232. The Morgan fingerprint density at radius 1 is 1.04 bits per heavy atom. The summed E-state index contributed by atoms with van der Waals surface area (Å²) in [7, 11) is 0. The van der Waals surface area contributed by atoms with E-state index in [0.29, 0.717) is 18.7 Å². The lowest BCUT2D eigenvalue weighted by molar-refractivity contribution is -0.120. The average Bonchev–Trinajstić information content (AvgIpc) is 2.55. The molecule has 0 aliphatic carbocycles. The van der Waals surface area contributed by atoms with E-state index in [4.69, 9.17) is 0 Å². The number of hydrogen-bond acceptors (Lipinski definition) is 3. The maximum Gasteiger partial charge on any atom is 0.221 e. The highest BCUT2D eigenvalue weighted by atomic mass is 32.2. The Balaban J connectivity index is 1.68. The van der Waals surface area contributed by atoms with Crippen LogP contribution >= 0.6 is 11.8 Å². The summed E-state index contributed by atoms with van der Waals surface area (Å²) in [5.41, 5.74) is 1.62. The van der Waals surface area contributed by atoms with E-state index in [0.717, 1.165) is 16.1 Å². The van der Waals surface area contributed by atoms with Gasteiger partial charge in [-0.3, -0.25) is 9.59 Å². The smallest absolute Gasteiger partial charge is 0.221 e. The van der Waals surface area contributed by atoms with Gasteiger partial charge in [0.2, 0.25) is 11.8 Å². The normalized spacial score (nSPS) is 10.2. The third-order valence-corrected chi connectivity index (χ3v) is 4.19. The van der Waals surface area contributed by atoms with E-state index < -0.39 is 0 Å². The monoisotopic (exact) mass is 346 g/mol. The van der Waals surface area contributed by atoms with E-state index in [1.807, 2.05) is 24.3 Å². The van der Waals surface area contributed by atoms with Crippen LogP contribution in [0, 0.1) is 5.82 Å². The van der Waals surface area contributed by atoms with E-state index in [1.165, 1.54) is 19.1 Å². The van der Waals surface area contributed by atoms with Crippen molar-refractivity contribution in [2.75, 3.05) is 11.1 Å². The summed E-state index contributed by atoms with van der Waals surface area (Å²) in [4.78, 5) is 23.8. The lowest BCUT2D eigenvalue weighted by Gasteiger charge is -2.06. The number of thioether (sulfide) groups is 1. The Labute approximate surface area is 144 Å². The molecule has 2 aromatic rings. The Morgan fingerprint density at radius 2 is 1.71 bits per heavy atom. The zero-order chi connectivity index (χ0) is 17.4. The summed E-state index contributed by atoms with van der Waals surface area (Å²) in [6.45, 7) is 1.86. The first-order chi connectivity index (χ1) is 11.5. The molecule has 0 saturated heterocycles. The number of benzene rings is 2. The first-order valence-electron chi connectivity index (χ1n) is 7.54. The molecule has 0 unspecified atom stereocenters. The van der Waals surface area contributed by atoms with E-state index in [9.17, 15) is 14.0 Å². The minimum Gasteiger partial charge on any atom is -0.352 e. The van der Waals surface area contributed by atoms with Crippen molar-refractivity contribution in [3.8, 4) is 0 Å². The number of hydrogen-bond donors (Lipinski definition) is 2. The van der Waals surface area contributed by atoms with Gasteiger partial charge >= 0.3 is 0 Å². The maximum absolute atomic E-state index is 12.8. The molecule has 0 heterocycles. The highest BCUT2D eigenvalue weighted by Gasteiger charge is 2.03. The molecule has 4 nitrogen and oxygen atoms in total. The standard InChI is InChI=1S/C18H19FN2O2S/c1-13(22)21-16-6-8-17(9-7-16)24-11-10-18(23)20-12-14-2-4-15(19)5-3-14/h2-9H,10-12H2,1H3,(H,20,23)(H,21,22). The van der Waals surface area contributed by atoms with Crippen molar-refractivity contribution >= 4 is 29.3 Å². The van der Waals surface area contributed by atoms with Crippen LogP contribution in [-0.4, -0.2) is 17.6 Å². The van der Waals surface area contributed by atoms with Crippen molar-refractivity contribution in [1.82, 2.24) is 5.32 Å². The molecule has 0 saturated carbocycles. The fourth-order valence-electron chi connectivity index (χ4n) is 1.99. The summed E-state index contributed by atoms with van der Waals surface area (Å²) in [6, 6.07) is 13.5. The number of amides is 2. The molecule has 0 aliphatic heterocycles. The molecule has 0 aliphatic rings. The minimum atomic E-state index is -0.286. The summed E-state index contributed by atoms with van der Waals surface area (Å²) in [6.07, 6.45) is 0.402. The molecule has 0 atom stereocenters. The van der Waals surface area contributed by atoms with Gasteiger partial charge in [-0.2, -0.15) is 0 Å². The number of rotatable bonds is 7. The van der Waals surface area contributed by atoms with Crippen LogP contribution in [0.25, 0.3) is 0 Å². The van der Waals surface area contributed by atoms with Crippen LogP contribution in [0.5, 0.6) is 0 Å². The molecule has 6 heteroatoms. The third-order valence-electron chi connectivity index (χ3n) is 3.18. The molecule has 2 rings (SSSR count). The zero-order valence-electron chi connectivity index (χ0n) is 13.3. The van der Waals surface area contributed by atoms with Crippen molar-refractivity contribution in [2.24, 2.45) is 0 Å². The first-order valence-corrected chi connectivity index (χ1v) is 8.53.